The number of alkyl halides is 3. The third-order valence-electron chi connectivity index (χ3n) is 2.54. The van der Waals surface area contributed by atoms with Gasteiger partial charge in [-0.05, 0) is 30.3 Å². The summed E-state index contributed by atoms with van der Waals surface area (Å²) in [5.74, 6) is -2.05. The highest BCUT2D eigenvalue weighted by Crippen LogP contribution is 2.38. The molecule has 1 atom stereocenters. The first-order chi connectivity index (χ1) is 9.74. The Morgan fingerprint density at radius 1 is 1.33 bits per heavy atom. The number of carboxylic acids is 1. The predicted octanol–water partition coefficient (Wildman–Crippen LogP) is 3.28. The van der Waals surface area contributed by atoms with Gasteiger partial charge in [-0.1, -0.05) is 25.5 Å². The van der Waals surface area contributed by atoms with Crippen molar-refractivity contribution < 1.29 is 27.9 Å². The smallest absolute Gasteiger partial charge is 0.446 e. The molecular weight excluding hydrogens is 307 g/mol. The Morgan fingerprint density at radius 2 is 1.95 bits per heavy atom. The van der Waals surface area contributed by atoms with E-state index >= 15 is 0 Å². The summed E-state index contributed by atoms with van der Waals surface area (Å²) >= 11 is -0.404. The van der Waals surface area contributed by atoms with Crippen molar-refractivity contribution in [3.05, 3.63) is 29.8 Å². The zero-order chi connectivity index (χ0) is 16.0. The lowest BCUT2D eigenvalue weighted by molar-refractivity contribution is -0.139. The van der Waals surface area contributed by atoms with Gasteiger partial charge in [0.25, 0.3) is 5.91 Å². The molecule has 0 radical (unpaired) electrons. The molecule has 1 amide bonds. The fourth-order valence-electron chi connectivity index (χ4n) is 1.65. The van der Waals surface area contributed by atoms with Crippen molar-refractivity contribution in [3.8, 4) is 0 Å². The van der Waals surface area contributed by atoms with E-state index in [1.807, 2.05) is 0 Å². The van der Waals surface area contributed by atoms with E-state index in [2.05, 4.69) is 5.32 Å². The second kappa shape index (κ2) is 7.35. The highest BCUT2D eigenvalue weighted by Gasteiger charge is 2.31. The van der Waals surface area contributed by atoms with Crippen LogP contribution in [0, 0.1) is 0 Å². The van der Waals surface area contributed by atoms with Crippen LogP contribution >= 0.6 is 11.8 Å². The van der Waals surface area contributed by atoms with Gasteiger partial charge in [0.2, 0.25) is 0 Å². The van der Waals surface area contributed by atoms with Gasteiger partial charge in [-0.15, -0.1) is 0 Å². The second-order valence-corrected chi connectivity index (χ2v) is 5.30. The molecule has 0 bridgehead atoms. The number of aliphatic carboxylic acids is 1. The van der Waals surface area contributed by atoms with Gasteiger partial charge in [-0.2, -0.15) is 13.2 Å². The molecular formula is C13H14F3NO3S. The minimum atomic E-state index is -4.52. The molecule has 0 heterocycles. The maximum atomic E-state index is 12.4. The maximum absolute atomic E-state index is 12.4. The number of carboxylic acid groups (broad SMARTS) is 1. The Hall–Kier alpha value is -1.70. The number of hydrogen-bond donors (Lipinski definition) is 2. The van der Waals surface area contributed by atoms with Crippen molar-refractivity contribution in [1.29, 1.82) is 0 Å². The van der Waals surface area contributed by atoms with Crippen LogP contribution in [0.1, 0.15) is 30.1 Å². The van der Waals surface area contributed by atoms with Gasteiger partial charge in [-0.3, -0.25) is 4.79 Å². The number of nitrogens with one attached hydrogen (secondary N) is 1. The summed E-state index contributed by atoms with van der Waals surface area (Å²) in [5.41, 5.74) is -4.71. The molecule has 1 unspecified atom stereocenters. The number of carbonyl (C=O) groups excluding carboxylic acids is 1. The molecule has 116 valence electrons. The van der Waals surface area contributed by atoms with E-state index < -0.39 is 35.2 Å². The predicted molar refractivity (Wildman–Crippen MR) is 72.2 cm³/mol. The molecule has 0 saturated carbocycles. The van der Waals surface area contributed by atoms with Gasteiger partial charge < -0.3 is 10.4 Å². The number of amides is 1. The minimum Gasteiger partial charge on any atom is -0.480 e. The lowest BCUT2D eigenvalue weighted by Crippen LogP contribution is -2.40. The van der Waals surface area contributed by atoms with Crippen LogP contribution in [-0.4, -0.2) is 28.5 Å². The van der Waals surface area contributed by atoms with E-state index in [9.17, 15) is 22.8 Å². The summed E-state index contributed by atoms with van der Waals surface area (Å²) in [7, 11) is 0. The van der Waals surface area contributed by atoms with E-state index in [1.54, 1.807) is 6.92 Å². The van der Waals surface area contributed by atoms with E-state index in [-0.39, 0.29) is 16.9 Å². The normalized spacial score (nSPS) is 12.8. The highest BCUT2D eigenvalue weighted by molar-refractivity contribution is 8.00. The standard InChI is InChI=1S/C13H14F3NO3S/c1-2-5-9(12(19)20)17-11(18)8-6-3-4-7-10(8)21-13(14,15)16/h3-4,6-7,9H,2,5H2,1H3,(H,17,18)(H,19,20). The Bertz CT molecular complexity index is 520. The quantitative estimate of drug-likeness (QED) is 0.789. The number of benzene rings is 1. The Kier molecular flexibility index (Phi) is 6.07. The van der Waals surface area contributed by atoms with Crippen LogP contribution in [0.3, 0.4) is 0 Å². The van der Waals surface area contributed by atoms with E-state index in [0.29, 0.717) is 6.42 Å². The molecule has 0 aliphatic heterocycles. The monoisotopic (exact) mass is 321 g/mol. The van der Waals surface area contributed by atoms with Crippen LogP contribution in [0.15, 0.2) is 29.2 Å². The lowest BCUT2D eigenvalue weighted by Gasteiger charge is -2.15. The number of thioether (sulfide) groups is 1. The summed E-state index contributed by atoms with van der Waals surface area (Å²) in [6.07, 6.45) is 0.728. The summed E-state index contributed by atoms with van der Waals surface area (Å²) in [5, 5.41) is 11.2. The van der Waals surface area contributed by atoms with E-state index in [1.165, 1.54) is 24.3 Å². The largest absolute Gasteiger partial charge is 0.480 e. The topological polar surface area (TPSA) is 66.4 Å². The van der Waals surface area contributed by atoms with Crippen LogP contribution in [0.2, 0.25) is 0 Å². The Balaban J connectivity index is 2.94. The van der Waals surface area contributed by atoms with Gasteiger partial charge in [0.05, 0.1) is 5.56 Å². The molecule has 0 aliphatic carbocycles. The molecule has 1 aromatic rings. The zero-order valence-electron chi connectivity index (χ0n) is 11.1. The summed E-state index contributed by atoms with van der Waals surface area (Å²) in [4.78, 5) is 22.7. The molecule has 1 aromatic carbocycles. The van der Waals surface area contributed by atoms with Crippen LogP contribution in [0.25, 0.3) is 0 Å². The number of rotatable bonds is 6. The first-order valence-corrected chi connectivity index (χ1v) is 6.94. The summed E-state index contributed by atoms with van der Waals surface area (Å²) in [6, 6.07) is 4.08. The molecule has 0 saturated heterocycles. The third-order valence-corrected chi connectivity index (χ3v) is 3.35. The molecule has 1 rings (SSSR count). The minimum absolute atomic E-state index is 0.192. The number of hydrogen-bond acceptors (Lipinski definition) is 3. The highest BCUT2D eigenvalue weighted by atomic mass is 32.2. The maximum Gasteiger partial charge on any atom is 0.446 e. The average molecular weight is 321 g/mol. The summed E-state index contributed by atoms with van der Waals surface area (Å²) in [6.45, 7) is 1.75. The fraction of sp³-hybridized carbons (Fsp3) is 0.385. The molecule has 0 aliphatic rings. The average Bonchev–Trinajstić information content (AvgIpc) is 2.36. The summed E-state index contributed by atoms with van der Waals surface area (Å²) < 4.78 is 37.3. The third kappa shape index (κ3) is 5.66. The van der Waals surface area contributed by atoms with Gasteiger partial charge in [0.1, 0.15) is 6.04 Å². The first kappa shape index (κ1) is 17.4. The van der Waals surface area contributed by atoms with Gasteiger partial charge in [0.15, 0.2) is 0 Å². The molecule has 0 aromatic heterocycles. The van der Waals surface area contributed by atoms with E-state index in [0.717, 1.165) is 0 Å². The molecule has 21 heavy (non-hydrogen) atoms. The van der Waals surface area contributed by atoms with Gasteiger partial charge in [0, 0.05) is 4.90 Å². The SMILES string of the molecule is CCCC(NC(=O)c1ccccc1SC(F)(F)F)C(=O)O. The number of halogens is 3. The Morgan fingerprint density at radius 3 is 2.48 bits per heavy atom. The van der Waals surface area contributed by atoms with Crippen molar-refractivity contribution in [2.45, 2.75) is 36.2 Å². The molecule has 2 N–H and O–H groups in total. The van der Waals surface area contributed by atoms with Crippen LogP contribution < -0.4 is 5.32 Å². The fourth-order valence-corrected chi connectivity index (χ4v) is 2.32. The van der Waals surface area contributed by atoms with Gasteiger partial charge >= 0.3 is 11.5 Å². The molecule has 0 spiro atoms. The zero-order valence-corrected chi connectivity index (χ0v) is 11.9. The molecule has 0 fully saturated rings. The van der Waals surface area contributed by atoms with Crippen LogP contribution in [0.4, 0.5) is 13.2 Å². The van der Waals surface area contributed by atoms with Crippen LogP contribution in [0.5, 0.6) is 0 Å². The molecule has 8 heteroatoms. The number of carbonyl (C=O) groups is 2. The van der Waals surface area contributed by atoms with Crippen molar-refractivity contribution in [3.63, 3.8) is 0 Å². The second-order valence-electron chi connectivity index (χ2n) is 4.20. The van der Waals surface area contributed by atoms with Crippen molar-refractivity contribution in [2.75, 3.05) is 0 Å². The van der Waals surface area contributed by atoms with Crippen molar-refractivity contribution in [1.82, 2.24) is 5.32 Å². The first-order valence-electron chi connectivity index (χ1n) is 6.13. The molecule has 4 nitrogen and oxygen atoms in total. The van der Waals surface area contributed by atoms with Crippen LogP contribution in [-0.2, 0) is 4.79 Å². The van der Waals surface area contributed by atoms with E-state index in [4.69, 9.17) is 5.11 Å². The Labute approximate surface area is 123 Å². The lowest BCUT2D eigenvalue weighted by atomic mass is 10.1. The van der Waals surface area contributed by atoms with Crippen molar-refractivity contribution >= 4 is 23.6 Å². The van der Waals surface area contributed by atoms with Crippen molar-refractivity contribution in [2.24, 2.45) is 0 Å². The van der Waals surface area contributed by atoms with Gasteiger partial charge in [-0.25, -0.2) is 4.79 Å².